The van der Waals surface area contributed by atoms with Crippen LogP contribution in [0, 0.1) is 5.82 Å². The van der Waals surface area contributed by atoms with Crippen molar-refractivity contribution in [3.63, 3.8) is 0 Å². The van der Waals surface area contributed by atoms with Gasteiger partial charge >= 0.3 is 0 Å². The van der Waals surface area contributed by atoms with E-state index in [1.807, 2.05) is 0 Å². The van der Waals surface area contributed by atoms with Crippen molar-refractivity contribution in [3.8, 4) is 5.75 Å². The average Bonchev–Trinajstić information content (AvgIpc) is 2.40. The third-order valence-corrected chi connectivity index (χ3v) is 3.25. The van der Waals surface area contributed by atoms with Crippen molar-refractivity contribution in [3.05, 3.63) is 63.9 Å². The lowest BCUT2D eigenvalue weighted by Crippen LogP contribution is -2.23. The van der Waals surface area contributed by atoms with Gasteiger partial charge in [-0.3, -0.25) is 4.79 Å². The van der Waals surface area contributed by atoms with Gasteiger partial charge in [0.2, 0.25) is 0 Å². The largest absolute Gasteiger partial charge is 0.508 e. The SMILES string of the molecule is O=C(NCc1ccc(O)cc1)c1cc(F)ccc1Br. The van der Waals surface area contributed by atoms with Gasteiger partial charge in [-0.15, -0.1) is 0 Å². The van der Waals surface area contributed by atoms with Crippen molar-refractivity contribution in [1.82, 2.24) is 5.32 Å². The lowest BCUT2D eigenvalue weighted by Gasteiger charge is -2.07. The number of carbonyl (C=O) groups is 1. The quantitative estimate of drug-likeness (QED) is 0.911. The molecular formula is C14H11BrFNO2. The van der Waals surface area contributed by atoms with E-state index in [4.69, 9.17) is 5.11 Å². The third kappa shape index (κ3) is 3.54. The molecule has 2 aromatic rings. The minimum absolute atomic E-state index is 0.169. The van der Waals surface area contributed by atoms with Gasteiger partial charge in [-0.05, 0) is 51.8 Å². The van der Waals surface area contributed by atoms with Crippen LogP contribution in [0.1, 0.15) is 15.9 Å². The summed E-state index contributed by atoms with van der Waals surface area (Å²) in [5.41, 5.74) is 1.09. The molecule has 98 valence electrons. The number of benzene rings is 2. The smallest absolute Gasteiger partial charge is 0.252 e. The molecule has 0 saturated carbocycles. The fraction of sp³-hybridized carbons (Fsp3) is 0.0714. The lowest BCUT2D eigenvalue weighted by atomic mass is 10.2. The Morgan fingerprint density at radius 3 is 2.58 bits per heavy atom. The molecule has 3 nitrogen and oxygen atoms in total. The van der Waals surface area contributed by atoms with E-state index in [-0.39, 0.29) is 17.2 Å². The molecule has 0 atom stereocenters. The molecule has 0 fully saturated rings. The standard InChI is InChI=1S/C14H11BrFNO2/c15-13-6-3-10(16)7-12(13)14(19)17-8-9-1-4-11(18)5-2-9/h1-7,18H,8H2,(H,17,19). The number of phenols is 1. The highest BCUT2D eigenvalue weighted by Gasteiger charge is 2.10. The highest BCUT2D eigenvalue weighted by Crippen LogP contribution is 2.18. The van der Waals surface area contributed by atoms with E-state index < -0.39 is 5.82 Å². The zero-order chi connectivity index (χ0) is 13.8. The summed E-state index contributed by atoms with van der Waals surface area (Å²) in [6.45, 7) is 0.308. The minimum atomic E-state index is -0.460. The summed E-state index contributed by atoms with van der Waals surface area (Å²) in [7, 11) is 0. The summed E-state index contributed by atoms with van der Waals surface area (Å²) in [6.07, 6.45) is 0. The number of halogens is 2. The predicted molar refractivity (Wildman–Crippen MR) is 73.4 cm³/mol. The molecule has 2 N–H and O–H groups in total. The maximum Gasteiger partial charge on any atom is 0.252 e. The summed E-state index contributed by atoms with van der Waals surface area (Å²) >= 11 is 3.21. The second-order valence-corrected chi connectivity index (χ2v) is 4.83. The summed E-state index contributed by atoms with van der Waals surface area (Å²) in [6, 6.07) is 10.4. The zero-order valence-corrected chi connectivity index (χ0v) is 11.4. The van der Waals surface area contributed by atoms with Crippen LogP contribution in [-0.4, -0.2) is 11.0 Å². The summed E-state index contributed by atoms with van der Waals surface area (Å²) < 4.78 is 13.6. The Morgan fingerprint density at radius 2 is 1.89 bits per heavy atom. The number of phenolic OH excluding ortho intramolecular Hbond substituents is 1. The normalized spacial score (nSPS) is 10.2. The van der Waals surface area contributed by atoms with E-state index in [2.05, 4.69) is 21.2 Å². The van der Waals surface area contributed by atoms with Crippen LogP contribution >= 0.6 is 15.9 Å². The van der Waals surface area contributed by atoms with E-state index >= 15 is 0 Å². The molecule has 0 spiro atoms. The van der Waals surface area contributed by atoms with Crippen molar-refractivity contribution >= 4 is 21.8 Å². The van der Waals surface area contributed by atoms with Gasteiger partial charge in [0.25, 0.3) is 5.91 Å². The first-order valence-corrected chi connectivity index (χ1v) is 6.37. The molecular weight excluding hydrogens is 313 g/mol. The van der Waals surface area contributed by atoms with Crippen LogP contribution in [0.25, 0.3) is 0 Å². The zero-order valence-electron chi connectivity index (χ0n) is 9.86. The van der Waals surface area contributed by atoms with E-state index in [0.717, 1.165) is 5.56 Å². The molecule has 0 saturated heterocycles. The number of nitrogens with one attached hydrogen (secondary N) is 1. The number of hydrogen-bond acceptors (Lipinski definition) is 2. The number of hydrogen-bond donors (Lipinski definition) is 2. The van der Waals surface area contributed by atoms with Crippen LogP contribution in [0.5, 0.6) is 5.75 Å². The molecule has 1 amide bonds. The van der Waals surface area contributed by atoms with Crippen molar-refractivity contribution in [2.45, 2.75) is 6.54 Å². The number of amides is 1. The Bertz CT molecular complexity index is 599. The third-order valence-electron chi connectivity index (χ3n) is 2.56. The molecule has 0 aliphatic rings. The first-order chi connectivity index (χ1) is 9.06. The Hall–Kier alpha value is -1.88. The maximum absolute atomic E-state index is 13.1. The highest BCUT2D eigenvalue weighted by atomic mass is 79.9. The van der Waals surface area contributed by atoms with E-state index in [1.54, 1.807) is 24.3 Å². The molecule has 0 unspecified atom stereocenters. The summed E-state index contributed by atoms with van der Waals surface area (Å²) in [5, 5.41) is 11.8. The average molecular weight is 324 g/mol. The van der Waals surface area contributed by atoms with Gasteiger partial charge in [0.1, 0.15) is 11.6 Å². The monoisotopic (exact) mass is 323 g/mol. The second kappa shape index (κ2) is 5.84. The van der Waals surface area contributed by atoms with E-state index in [9.17, 15) is 9.18 Å². The van der Waals surface area contributed by atoms with Crippen LogP contribution in [-0.2, 0) is 6.54 Å². The van der Waals surface area contributed by atoms with Crippen LogP contribution < -0.4 is 5.32 Å². The Labute approximate surface area is 118 Å². The predicted octanol–water partition coefficient (Wildman–Crippen LogP) is 3.22. The van der Waals surface area contributed by atoms with Crippen LogP contribution in [0.2, 0.25) is 0 Å². The van der Waals surface area contributed by atoms with Gasteiger partial charge < -0.3 is 10.4 Å². The molecule has 19 heavy (non-hydrogen) atoms. The fourth-order valence-corrected chi connectivity index (χ4v) is 1.99. The van der Waals surface area contributed by atoms with Crippen LogP contribution in [0.3, 0.4) is 0 Å². The molecule has 0 aliphatic heterocycles. The van der Waals surface area contributed by atoms with Crippen molar-refractivity contribution in [2.75, 3.05) is 0 Å². The van der Waals surface area contributed by atoms with Gasteiger partial charge in [0, 0.05) is 11.0 Å². The topological polar surface area (TPSA) is 49.3 Å². The summed E-state index contributed by atoms with van der Waals surface area (Å²) in [4.78, 5) is 11.9. The Morgan fingerprint density at radius 1 is 1.21 bits per heavy atom. The van der Waals surface area contributed by atoms with Gasteiger partial charge in [-0.2, -0.15) is 0 Å². The van der Waals surface area contributed by atoms with Crippen molar-refractivity contribution < 1.29 is 14.3 Å². The molecule has 0 bridgehead atoms. The second-order valence-electron chi connectivity index (χ2n) is 3.97. The molecule has 0 aromatic heterocycles. The summed E-state index contributed by atoms with van der Waals surface area (Å²) in [5.74, 6) is -0.652. The van der Waals surface area contributed by atoms with Crippen molar-refractivity contribution in [1.29, 1.82) is 0 Å². The fourth-order valence-electron chi connectivity index (χ4n) is 1.56. The molecule has 5 heteroatoms. The van der Waals surface area contributed by atoms with Gasteiger partial charge in [0.15, 0.2) is 0 Å². The molecule has 2 aromatic carbocycles. The van der Waals surface area contributed by atoms with Crippen LogP contribution in [0.4, 0.5) is 4.39 Å². The molecule has 0 heterocycles. The number of aromatic hydroxyl groups is 1. The molecule has 0 aliphatic carbocycles. The van der Waals surface area contributed by atoms with Crippen LogP contribution in [0.15, 0.2) is 46.9 Å². The highest BCUT2D eigenvalue weighted by molar-refractivity contribution is 9.10. The van der Waals surface area contributed by atoms with Crippen molar-refractivity contribution in [2.24, 2.45) is 0 Å². The number of carbonyl (C=O) groups excluding carboxylic acids is 1. The lowest BCUT2D eigenvalue weighted by molar-refractivity contribution is 0.0949. The van der Waals surface area contributed by atoms with Gasteiger partial charge in [0.05, 0.1) is 5.56 Å². The molecule has 0 radical (unpaired) electrons. The van der Waals surface area contributed by atoms with Gasteiger partial charge in [-0.25, -0.2) is 4.39 Å². The van der Waals surface area contributed by atoms with E-state index in [1.165, 1.54) is 18.2 Å². The minimum Gasteiger partial charge on any atom is -0.508 e. The first-order valence-electron chi connectivity index (χ1n) is 5.57. The Balaban J connectivity index is 2.05. The maximum atomic E-state index is 13.1. The molecule has 2 rings (SSSR count). The Kier molecular flexibility index (Phi) is 4.16. The van der Waals surface area contributed by atoms with Gasteiger partial charge in [-0.1, -0.05) is 12.1 Å². The number of rotatable bonds is 3. The van der Waals surface area contributed by atoms with E-state index in [0.29, 0.717) is 11.0 Å². The first kappa shape index (κ1) is 13.5.